The molecule has 0 spiro atoms. The number of ether oxygens (including phenoxy) is 1. The highest BCUT2D eigenvalue weighted by Gasteiger charge is 2.26. The maximum absolute atomic E-state index is 13.0. The zero-order valence-corrected chi connectivity index (χ0v) is 20.7. The van der Waals surface area contributed by atoms with Gasteiger partial charge in [0.1, 0.15) is 10.6 Å². The average molecular weight is 496 g/mol. The molecule has 2 aromatic carbocycles. The number of carbonyl (C=O) groups is 1. The topological polar surface area (TPSA) is 122 Å². The summed E-state index contributed by atoms with van der Waals surface area (Å²) in [6.07, 6.45) is 3.92. The van der Waals surface area contributed by atoms with Crippen LogP contribution < -0.4 is 14.8 Å². The van der Waals surface area contributed by atoms with Gasteiger partial charge in [-0.25, -0.2) is 16.8 Å². The SMILES string of the molecule is CCOc1ccc(NC(=O)/C=C/c2ccc(NS(C)(=O)=O)cc2)cc1S(=O)(=O)N(CC)CC. The maximum atomic E-state index is 13.0. The maximum Gasteiger partial charge on any atom is 0.248 e. The van der Waals surface area contributed by atoms with Gasteiger partial charge in [0.25, 0.3) is 0 Å². The highest BCUT2D eigenvalue weighted by Crippen LogP contribution is 2.30. The minimum absolute atomic E-state index is 0.0104. The summed E-state index contributed by atoms with van der Waals surface area (Å²) in [6.45, 7) is 6.18. The van der Waals surface area contributed by atoms with Crippen LogP contribution >= 0.6 is 0 Å². The zero-order chi connectivity index (χ0) is 24.6. The molecular formula is C22H29N3O6S2. The van der Waals surface area contributed by atoms with Gasteiger partial charge in [-0.15, -0.1) is 0 Å². The molecule has 2 aromatic rings. The summed E-state index contributed by atoms with van der Waals surface area (Å²) >= 11 is 0. The van der Waals surface area contributed by atoms with E-state index in [0.29, 0.717) is 36.6 Å². The van der Waals surface area contributed by atoms with E-state index >= 15 is 0 Å². The van der Waals surface area contributed by atoms with Crippen molar-refractivity contribution in [1.82, 2.24) is 4.31 Å². The van der Waals surface area contributed by atoms with Crippen molar-refractivity contribution in [3.63, 3.8) is 0 Å². The number of nitrogens with zero attached hydrogens (tertiary/aromatic N) is 1. The van der Waals surface area contributed by atoms with Gasteiger partial charge in [0.2, 0.25) is 26.0 Å². The third kappa shape index (κ3) is 7.58. The third-order valence-electron chi connectivity index (χ3n) is 4.48. The van der Waals surface area contributed by atoms with Gasteiger partial charge < -0.3 is 10.1 Å². The molecule has 0 aliphatic heterocycles. The normalized spacial score (nSPS) is 12.2. The van der Waals surface area contributed by atoms with Crippen molar-refractivity contribution >= 4 is 43.4 Å². The second-order valence-electron chi connectivity index (χ2n) is 7.00. The van der Waals surface area contributed by atoms with Crippen LogP contribution in [0.2, 0.25) is 0 Å². The molecule has 0 fully saturated rings. The molecule has 0 atom stereocenters. The van der Waals surface area contributed by atoms with Crippen LogP contribution in [0.3, 0.4) is 0 Å². The quantitative estimate of drug-likeness (QED) is 0.462. The lowest BCUT2D eigenvalue weighted by atomic mass is 10.2. The molecule has 0 saturated carbocycles. The minimum atomic E-state index is -3.79. The average Bonchev–Trinajstić information content (AvgIpc) is 2.74. The highest BCUT2D eigenvalue weighted by atomic mass is 32.2. The number of hydrogen-bond donors (Lipinski definition) is 2. The molecule has 2 N–H and O–H groups in total. The lowest BCUT2D eigenvalue weighted by molar-refractivity contribution is -0.111. The predicted molar refractivity (Wildman–Crippen MR) is 130 cm³/mol. The van der Waals surface area contributed by atoms with Crippen LogP contribution in [-0.2, 0) is 24.8 Å². The van der Waals surface area contributed by atoms with E-state index in [1.807, 2.05) is 0 Å². The van der Waals surface area contributed by atoms with Crippen LogP contribution in [0.1, 0.15) is 26.3 Å². The second-order valence-corrected chi connectivity index (χ2v) is 10.7. The first kappa shape index (κ1) is 26.4. The van der Waals surface area contributed by atoms with Gasteiger partial charge >= 0.3 is 0 Å². The molecule has 2 rings (SSSR count). The Hall–Kier alpha value is -2.89. The van der Waals surface area contributed by atoms with Gasteiger partial charge in [-0.05, 0) is 48.9 Å². The van der Waals surface area contributed by atoms with Crippen LogP contribution in [0, 0.1) is 0 Å². The lowest BCUT2D eigenvalue weighted by Gasteiger charge is -2.21. The molecule has 0 saturated heterocycles. The van der Waals surface area contributed by atoms with Gasteiger partial charge in [-0.1, -0.05) is 26.0 Å². The molecule has 9 nitrogen and oxygen atoms in total. The van der Waals surface area contributed by atoms with E-state index in [2.05, 4.69) is 10.0 Å². The number of carbonyl (C=O) groups excluding carboxylic acids is 1. The molecule has 180 valence electrons. The summed E-state index contributed by atoms with van der Waals surface area (Å²) < 4.78 is 57.8. The Morgan fingerprint density at radius 2 is 1.58 bits per heavy atom. The Morgan fingerprint density at radius 3 is 2.12 bits per heavy atom. The smallest absolute Gasteiger partial charge is 0.248 e. The molecule has 33 heavy (non-hydrogen) atoms. The Balaban J connectivity index is 2.20. The van der Waals surface area contributed by atoms with Gasteiger partial charge in [0.15, 0.2) is 0 Å². The summed E-state index contributed by atoms with van der Waals surface area (Å²) in [4.78, 5) is 12.4. The van der Waals surface area contributed by atoms with Crippen LogP contribution in [-0.4, -0.2) is 53.0 Å². The number of anilines is 2. The first-order valence-corrected chi connectivity index (χ1v) is 13.7. The minimum Gasteiger partial charge on any atom is -0.492 e. The zero-order valence-electron chi connectivity index (χ0n) is 19.0. The molecular weight excluding hydrogens is 466 g/mol. The largest absolute Gasteiger partial charge is 0.492 e. The fourth-order valence-corrected chi connectivity index (χ4v) is 5.18. The number of hydrogen-bond acceptors (Lipinski definition) is 6. The van der Waals surface area contributed by atoms with Crippen molar-refractivity contribution in [2.75, 3.05) is 36.0 Å². The second kappa shape index (κ2) is 11.3. The summed E-state index contributed by atoms with van der Waals surface area (Å²) in [5.41, 5.74) is 1.41. The van der Waals surface area contributed by atoms with Gasteiger partial charge in [-0.2, -0.15) is 4.31 Å². The highest BCUT2D eigenvalue weighted by molar-refractivity contribution is 7.92. The predicted octanol–water partition coefficient (Wildman–Crippen LogP) is 3.14. The van der Waals surface area contributed by atoms with E-state index in [9.17, 15) is 21.6 Å². The summed E-state index contributed by atoms with van der Waals surface area (Å²) in [6, 6.07) is 10.9. The number of amides is 1. The molecule has 0 aliphatic rings. The first-order valence-electron chi connectivity index (χ1n) is 10.3. The van der Waals surface area contributed by atoms with E-state index in [0.717, 1.165) is 6.26 Å². The molecule has 0 aromatic heterocycles. The van der Waals surface area contributed by atoms with Crippen molar-refractivity contribution in [3.05, 3.63) is 54.1 Å². The van der Waals surface area contributed by atoms with Crippen LogP contribution in [0.15, 0.2) is 53.4 Å². The fourth-order valence-electron chi connectivity index (χ4n) is 3.00. The van der Waals surface area contributed by atoms with Crippen LogP contribution in [0.4, 0.5) is 11.4 Å². The first-order chi connectivity index (χ1) is 15.5. The molecule has 0 radical (unpaired) electrons. The summed E-state index contributed by atoms with van der Waals surface area (Å²) in [5, 5.41) is 2.66. The van der Waals surface area contributed by atoms with Crippen LogP contribution in [0.5, 0.6) is 5.75 Å². The molecule has 0 bridgehead atoms. The van der Waals surface area contributed by atoms with E-state index in [1.165, 1.54) is 22.5 Å². The van der Waals surface area contributed by atoms with Crippen LogP contribution in [0.25, 0.3) is 6.08 Å². The van der Waals surface area contributed by atoms with Crippen molar-refractivity contribution in [1.29, 1.82) is 0 Å². The van der Waals surface area contributed by atoms with Crippen molar-refractivity contribution in [3.8, 4) is 5.75 Å². The van der Waals surface area contributed by atoms with E-state index in [1.54, 1.807) is 57.2 Å². The van der Waals surface area contributed by atoms with Gasteiger partial charge in [0, 0.05) is 30.5 Å². The van der Waals surface area contributed by atoms with Crippen molar-refractivity contribution in [2.45, 2.75) is 25.7 Å². The Labute approximate surface area is 195 Å². The van der Waals surface area contributed by atoms with Crippen molar-refractivity contribution < 1.29 is 26.4 Å². The molecule has 0 unspecified atom stereocenters. The van der Waals surface area contributed by atoms with E-state index in [-0.39, 0.29) is 10.6 Å². The fraction of sp³-hybridized carbons (Fsp3) is 0.318. The molecule has 1 amide bonds. The molecule has 0 aliphatic carbocycles. The van der Waals surface area contributed by atoms with Gasteiger partial charge in [-0.3, -0.25) is 9.52 Å². The van der Waals surface area contributed by atoms with E-state index in [4.69, 9.17) is 4.74 Å². The van der Waals surface area contributed by atoms with E-state index < -0.39 is 26.0 Å². The number of benzene rings is 2. The monoisotopic (exact) mass is 495 g/mol. The number of sulfonamides is 2. The van der Waals surface area contributed by atoms with Crippen molar-refractivity contribution in [2.24, 2.45) is 0 Å². The third-order valence-corrected chi connectivity index (χ3v) is 7.15. The standard InChI is InChI=1S/C22H29N3O6S2/c1-5-25(6-2)33(29,30)21-16-19(13-14-20(21)31-7-3)23-22(26)15-10-17-8-11-18(12-9-17)24-32(4,27)28/h8-16,24H,5-7H2,1-4H3,(H,23,26)/b15-10+. The van der Waals surface area contributed by atoms with Gasteiger partial charge in [0.05, 0.1) is 12.9 Å². The summed E-state index contributed by atoms with van der Waals surface area (Å²) in [7, 11) is -7.16. The Kier molecular flexibility index (Phi) is 9.03. The molecule has 11 heteroatoms. The lowest BCUT2D eigenvalue weighted by Crippen LogP contribution is -2.31. The molecule has 0 heterocycles. The number of rotatable bonds is 11. The number of nitrogens with one attached hydrogen (secondary N) is 2. The Morgan fingerprint density at radius 1 is 0.970 bits per heavy atom. The Bertz CT molecular complexity index is 1200. The summed E-state index contributed by atoms with van der Waals surface area (Å²) in [5.74, 6) is -0.232.